The summed E-state index contributed by atoms with van der Waals surface area (Å²) in [6.45, 7) is 14.3. The molecule has 0 unspecified atom stereocenters. The fourth-order valence-corrected chi connectivity index (χ4v) is 10.3. The number of hydrogen-bond donors (Lipinski definition) is 0. The van der Waals surface area contributed by atoms with E-state index in [-0.39, 0.29) is 11.4 Å². The highest BCUT2D eigenvalue weighted by molar-refractivity contribution is 6.14. The summed E-state index contributed by atoms with van der Waals surface area (Å²) in [5.41, 5.74) is 5.23. The Labute approximate surface area is 432 Å². The minimum Gasteiger partial charge on any atom is -0.308 e. The lowest BCUT2D eigenvalue weighted by Crippen LogP contribution is -2.11. The molecule has 76 heavy (non-hydrogen) atoms. The van der Waals surface area contributed by atoms with Crippen molar-refractivity contribution in [3.05, 3.63) is 167 Å². The van der Waals surface area contributed by atoms with Crippen molar-refractivity contribution in [2.24, 2.45) is 0 Å². The summed E-state index contributed by atoms with van der Waals surface area (Å²) < 4.78 is 52.4. The minimum atomic E-state index is -4.87. The number of nitrogens with zero attached hydrogens (tertiary/aromatic N) is 15. The van der Waals surface area contributed by atoms with Gasteiger partial charge in [-0.1, -0.05) is 60.7 Å². The van der Waals surface area contributed by atoms with Crippen LogP contribution in [0.15, 0.2) is 109 Å². The van der Waals surface area contributed by atoms with E-state index >= 15 is 13.2 Å². The molecular weight excluding hydrogens is 964 g/mol. The first-order valence-corrected chi connectivity index (χ1v) is 24.2. The van der Waals surface area contributed by atoms with Crippen LogP contribution in [0.25, 0.3) is 112 Å². The van der Waals surface area contributed by atoms with Gasteiger partial charge in [0.05, 0.1) is 50.6 Å². The molecule has 0 N–H and O–H groups in total. The molecule has 6 heterocycles. The highest BCUT2D eigenvalue weighted by atomic mass is 19.4. The van der Waals surface area contributed by atoms with Gasteiger partial charge < -0.3 is 9.13 Å². The lowest BCUT2D eigenvalue weighted by atomic mass is 9.96. The van der Waals surface area contributed by atoms with E-state index in [1.165, 1.54) is 12.1 Å². The van der Waals surface area contributed by atoms with E-state index in [0.29, 0.717) is 131 Å². The van der Waals surface area contributed by atoms with Gasteiger partial charge in [-0.2, -0.15) is 18.4 Å². The number of aromatic nitrogens is 14. The lowest BCUT2D eigenvalue weighted by Gasteiger charge is -2.23. The Bertz CT molecular complexity index is 3930. The molecule has 370 valence electrons. The van der Waals surface area contributed by atoms with Crippen LogP contribution in [0.4, 0.5) is 13.2 Å². The largest absolute Gasteiger partial charge is 0.416 e. The summed E-state index contributed by atoms with van der Waals surface area (Å²) in [7, 11) is 0. The van der Waals surface area contributed by atoms with Crippen molar-refractivity contribution in [1.82, 2.24) is 68.9 Å². The van der Waals surface area contributed by atoms with Crippen LogP contribution >= 0.6 is 0 Å². The molecule has 12 aromatic rings. The topological polar surface area (TPSA) is 188 Å². The van der Waals surface area contributed by atoms with E-state index in [9.17, 15) is 5.26 Å². The SMILES string of the molecule is Cc1nc(C)nc(-c2ccc3c4ccc(-c5nc(C)nc(C)n5)cc4n(-c4cc(C(F)(F)F)cc(-n5c6cc(-c7nc(C)nc(C)n7)ccc6c6ccc(-c7nc(C)nc(C)n7)cc65)c4-c4cccc(C#N)c4)c3c2)n1. The highest BCUT2D eigenvalue weighted by Gasteiger charge is 2.35. The maximum Gasteiger partial charge on any atom is 0.416 e. The van der Waals surface area contributed by atoms with Crippen molar-refractivity contribution in [2.75, 3.05) is 0 Å². The van der Waals surface area contributed by atoms with Crippen LogP contribution in [0.5, 0.6) is 0 Å². The second-order valence-electron chi connectivity index (χ2n) is 18.7. The fourth-order valence-electron chi connectivity index (χ4n) is 10.3. The Balaban J connectivity index is 1.28. The second kappa shape index (κ2) is 17.7. The number of alkyl halides is 3. The van der Waals surface area contributed by atoms with Gasteiger partial charge in [-0.15, -0.1) is 0 Å². The average molecular weight is 1010 g/mol. The van der Waals surface area contributed by atoms with Gasteiger partial charge in [0, 0.05) is 49.4 Å². The molecule has 0 fully saturated rings. The van der Waals surface area contributed by atoms with E-state index in [1.807, 2.05) is 88.0 Å². The van der Waals surface area contributed by atoms with Crippen molar-refractivity contribution in [2.45, 2.75) is 61.6 Å². The highest BCUT2D eigenvalue weighted by Crippen LogP contribution is 2.47. The van der Waals surface area contributed by atoms with Crippen molar-refractivity contribution >= 4 is 43.6 Å². The van der Waals surface area contributed by atoms with Gasteiger partial charge in [0.15, 0.2) is 23.3 Å². The van der Waals surface area contributed by atoms with Gasteiger partial charge in [-0.3, -0.25) is 0 Å². The van der Waals surface area contributed by atoms with E-state index in [0.717, 1.165) is 21.5 Å². The quantitative estimate of drug-likeness (QED) is 0.147. The van der Waals surface area contributed by atoms with Crippen LogP contribution in [0, 0.1) is 66.7 Å². The number of hydrogen-bond acceptors (Lipinski definition) is 13. The van der Waals surface area contributed by atoms with E-state index < -0.39 is 11.7 Å². The number of nitriles is 1. The van der Waals surface area contributed by atoms with Crippen molar-refractivity contribution in [1.29, 1.82) is 5.26 Å². The molecule has 0 radical (unpaired) electrons. The molecule has 6 aromatic heterocycles. The van der Waals surface area contributed by atoms with Gasteiger partial charge in [0.25, 0.3) is 0 Å². The van der Waals surface area contributed by atoms with E-state index in [2.05, 4.69) is 65.9 Å². The fraction of sp³-hybridized carbons (Fsp3) is 0.155. The second-order valence-corrected chi connectivity index (χ2v) is 18.7. The molecule has 15 nitrogen and oxygen atoms in total. The van der Waals surface area contributed by atoms with Crippen LogP contribution in [0.2, 0.25) is 0 Å². The van der Waals surface area contributed by atoms with Crippen LogP contribution in [0.1, 0.15) is 57.7 Å². The lowest BCUT2D eigenvalue weighted by molar-refractivity contribution is -0.137. The minimum absolute atomic E-state index is 0.162. The van der Waals surface area contributed by atoms with Crippen LogP contribution < -0.4 is 0 Å². The summed E-state index contributed by atoms with van der Waals surface area (Å²) in [4.78, 5) is 55.1. The van der Waals surface area contributed by atoms with Crippen molar-refractivity contribution < 1.29 is 13.2 Å². The smallest absolute Gasteiger partial charge is 0.308 e. The molecule has 0 atom stereocenters. The Morgan fingerprint density at radius 2 is 0.671 bits per heavy atom. The predicted octanol–water partition coefficient (Wildman–Crippen LogP) is 12.3. The summed E-state index contributed by atoms with van der Waals surface area (Å²) >= 11 is 0. The zero-order chi connectivity index (χ0) is 52.9. The maximum absolute atomic E-state index is 16.2. The van der Waals surface area contributed by atoms with E-state index in [4.69, 9.17) is 0 Å². The molecule has 12 rings (SSSR count). The van der Waals surface area contributed by atoms with Crippen molar-refractivity contribution in [3.63, 3.8) is 0 Å². The maximum atomic E-state index is 16.2. The first-order chi connectivity index (χ1) is 36.5. The third-order valence-corrected chi connectivity index (χ3v) is 13.2. The molecule has 18 heteroatoms. The molecule has 6 aromatic carbocycles. The molecule has 0 amide bonds. The molecule has 0 saturated heterocycles. The molecule has 0 spiro atoms. The van der Waals surface area contributed by atoms with E-state index in [1.54, 1.807) is 73.6 Å². The third-order valence-electron chi connectivity index (χ3n) is 13.2. The number of aryl methyl sites for hydroxylation is 8. The summed E-state index contributed by atoms with van der Waals surface area (Å²) in [5, 5.41) is 13.4. The van der Waals surface area contributed by atoms with Crippen LogP contribution in [-0.4, -0.2) is 68.9 Å². The predicted molar refractivity (Wildman–Crippen MR) is 283 cm³/mol. The zero-order valence-electron chi connectivity index (χ0n) is 42.2. The van der Waals surface area contributed by atoms with Gasteiger partial charge in [0.2, 0.25) is 0 Å². The Morgan fingerprint density at radius 3 is 0.947 bits per heavy atom. The average Bonchev–Trinajstić information content (AvgIpc) is 3.89. The first kappa shape index (κ1) is 47.3. The van der Waals surface area contributed by atoms with Gasteiger partial charge >= 0.3 is 6.18 Å². The standard InChI is InChI=1S/C58H42F3N15/c1-28-63-29(2)68-54(67-28)38-12-16-43-44-17-13-39(55-69-30(3)64-31(4)70-55)22-48(44)75(47(43)21-38)51-25-42(58(59,60)61)26-52(53(51)37-11-9-10-36(20-37)27-62)76-49-23-40(56-71-32(5)65-33(6)72-56)14-18-45(49)46-19-15-41(24-50(46)76)57-73-34(7)66-35(8)74-57/h9-26H,1-8H3. The third kappa shape index (κ3) is 8.27. The number of rotatable bonds is 7. The molecular formula is C58H42F3N15. The molecule has 0 aliphatic heterocycles. The molecule has 0 aliphatic rings. The number of benzene rings is 6. The number of fused-ring (bicyclic) bond motifs is 6. The van der Waals surface area contributed by atoms with Crippen LogP contribution in [0.3, 0.4) is 0 Å². The Morgan fingerprint density at radius 1 is 0.368 bits per heavy atom. The Kier molecular flexibility index (Phi) is 11.0. The summed E-state index contributed by atoms with van der Waals surface area (Å²) in [5.74, 6) is 5.69. The molecule has 0 bridgehead atoms. The Hall–Kier alpha value is -9.76. The summed E-state index contributed by atoms with van der Waals surface area (Å²) in [6.07, 6.45) is -4.87. The van der Waals surface area contributed by atoms with Gasteiger partial charge in [-0.05, 0) is 109 Å². The van der Waals surface area contributed by atoms with Crippen molar-refractivity contribution in [3.8, 4) is 74.1 Å². The first-order valence-electron chi connectivity index (χ1n) is 24.2. The molecule has 0 aliphatic carbocycles. The molecule has 0 saturated carbocycles. The summed E-state index contributed by atoms with van der Waals surface area (Å²) in [6, 6.07) is 34.5. The monoisotopic (exact) mass is 1010 g/mol. The van der Waals surface area contributed by atoms with Gasteiger partial charge in [-0.25, -0.2) is 59.8 Å². The zero-order valence-corrected chi connectivity index (χ0v) is 42.2. The normalized spacial score (nSPS) is 11.9. The number of halogens is 3. The van der Waals surface area contributed by atoms with Gasteiger partial charge in [0.1, 0.15) is 46.6 Å². The van der Waals surface area contributed by atoms with Crippen LogP contribution in [-0.2, 0) is 6.18 Å².